The Hall–Kier alpha value is -2.17. The number of unbranched alkanes of at least 4 members (excludes halogenated alkanes) is 1. The van der Waals surface area contributed by atoms with Gasteiger partial charge >= 0.3 is 7.82 Å². The van der Waals surface area contributed by atoms with Crippen molar-refractivity contribution in [2.75, 3.05) is 6.61 Å². The molecule has 1 aliphatic rings. The first-order valence-corrected chi connectivity index (χ1v) is 13.4. The average Bonchev–Trinajstić information content (AvgIpc) is 2.88. The van der Waals surface area contributed by atoms with E-state index in [1.807, 2.05) is 0 Å². The quantitative estimate of drug-likeness (QED) is 0.117. The predicted molar refractivity (Wildman–Crippen MR) is 134 cm³/mol. The Morgan fingerprint density at radius 1 is 0.694 bits per heavy atom. The zero-order chi connectivity index (χ0) is 25.6. The molecule has 5 atom stereocenters. The van der Waals surface area contributed by atoms with Crippen molar-refractivity contribution in [1.82, 2.24) is 0 Å². The minimum absolute atomic E-state index is 0.119. The van der Waals surface area contributed by atoms with Crippen LogP contribution in [0.15, 0.2) is 54.6 Å². The Labute approximate surface area is 207 Å². The second-order valence-corrected chi connectivity index (χ2v) is 10.8. The number of hydrogen-bond donors (Lipinski definition) is 6. The largest absolute Gasteiger partial charge is 0.472 e. The van der Waals surface area contributed by atoms with Gasteiger partial charge in [0.15, 0.2) is 0 Å². The molecule has 4 aromatic rings. The summed E-state index contributed by atoms with van der Waals surface area (Å²) >= 11 is 0. The molecule has 0 radical (unpaired) electrons. The van der Waals surface area contributed by atoms with Crippen molar-refractivity contribution in [1.29, 1.82) is 0 Å². The zero-order valence-corrected chi connectivity index (χ0v) is 20.2. The van der Waals surface area contributed by atoms with E-state index in [0.717, 1.165) is 6.42 Å². The lowest BCUT2D eigenvalue weighted by Gasteiger charge is -2.41. The van der Waals surface area contributed by atoms with Gasteiger partial charge in [0.1, 0.15) is 36.6 Å². The van der Waals surface area contributed by atoms with Crippen LogP contribution in [0.5, 0.6) is 0 Å². The molecule has 0 spiro atoms. The number of rotatable bonds is 8. The van der Waals surface area contributed by atoms with Crippen molar-refractivity contribution >= 4 is 40.1 Å². The summed E-state index contributed by atoms with van der Waals surface area (Å²) in [7, 11) is -4.72. The lowest BCUT2D eigenvalue weighted by atomic mass is 9.85. The second kappa shape index (κ2) is 9.95. The van der Waals surface area contributed by atoms with E-state index in [9.17, 15) is 35.0 Å². The van der Waals surface area contributed by atoms with Gasteiger partial charge in [-0.15, -0.1) is 0 Å². The number of aliphatic hydroxyl groups is 5. The summed E-state index contributed by atoms with van der Waals surface area (Å²) in [4.78, 5) is 10.0. The van der Waals surface area contributed by atoms with Gasteiger partial charge in [0.2, 0.25) is 0 Å². The van der Waals surface area contributed by atoms with Crippen molar-refractivity contribution in [3.05, 3.63) is 60.2 Å². The summed E-state index contributed by atoms with van der Waals surface area (Å²) in [6.45, 7) is -0.119. The maximum atomic E-state index is 12.3. The summed E-state index contributed by atoms with van der Waals surface area (Å²) in [5, 5.41) is 56.3. The lowest BCUT2D eigenvalue weighted by molar-refractivity contribution is -0.220. The van der Waals surface area contributed by atoms with Crippen LogP contribution in [0, 0.1) is 0 Å². The first kappa shape index (κ1) is 25.5. The van der Waals surface area contributed by atoms with Crippen LogP contribution in [0.4, 0.5) is 0 Å². The molecule has 0 heterocycles. The van der Waals surface area contributed by atoms with Crippen molar-refractivity contribution in [2.24, 2.45) is 0 Å². The molecule has 192 valence electrons. The number of aliphatic hydroxyl groups excluding tert-OH is 5. The molecule has 0 aliphatic heterocycles. The minimum Gasteiger partial charge on any atom is -0.387 e. The Morgan fingerprint density at radius 3 is 1.92 bits per heavy atom. The maximum Gasteiger partial charge on any atom is 0.472 e. The van der Waals surface area contributed by atoms with E-state index in [2.05, 4.69) is 54.6 Å². The topological polar surface area (TPSA) is 157 Å². The van der Waals surface area contributed by atoms with Gasteiger partial charge in [-0.25, -0.2) is 4.57 Å². The smallest absolute Gasteiger partial charge is 0.387 e. The first-order chi connectivity index (χ1) is 17.2. The third-order valence-corrected chi connectivity index (χ3v) is 8.06. The van der Waals surface area contributed by atoms with E-state index in [-0.39, 0.29) is 6.61 Å². The molecule has 9 nitrogen and oxygen atoms in total. The van der Waals surface area contributed by atoms with Gasteiger partial charge in [0, 0.05) is 0 Å². The normalized spacial score (nSPS) is 28.7. The van der Waals surface area contributed by atoms with Crippen LogP contribution in [0.2, 0.25) is 0 Å². The van der Waals surface area contributed by atoms with E-state index < -0.39 is 44.4 Å². The summed E-state index contributed by atoms with van der Waals surface area (Å²) in [5.74, 6) is 0. The summed E-state index contributed by atoms with van der Waals surface area (Å²) in [6, 6.07) is 19.0. The maximum absolute atomic E-state index is 12.3. The summed E-state index contributed by atoms with van der Waals surface area (Å²) < 4.78 is 22.2. The van der Waals surface area contributed by atoms with Crippen LogP contribution in [-0.4, -0.2) is 73.7 Å². The fraction of sp³-hybridized carbons (Fsp3) is 0.385. The molecular formula is C26H29O9P. The number of hydrogen-bond acceptors (Lipinski definition) is 8. The third kappa shape index (κ3) is 4.63. The molecule has 1 saturated carbocycles. The van der Waals surface area contributed by atoms with Crippen molar-refractivity contribution in [3.63, 3.8) is 0 Å². The van der Waals surface area contributed by atoms with Gasteiger partial charge in [-0.2, -0.15) is 0 Å². The number of aryl methyl sites for hydroxylation is 1. The summed E-state index contributed by atoms with van der Waals surface area (Å²) in [5.41, 5.74) is 1.17. The Morgan fingerprint density at radius 2 is 1.25 bits per heavy atom. The van der Waals surface area contributed by atoms with Gasteiger partial charge in [-0.1, -0.05) is 54.6 Å². The molecule has 6 N–H and O–H groups in total. The standard InChI is InChI=1S/C26H29O9P/c27-21-22(28)24(30)26(25(31)23(21)29)35-36(32,33)34-13-2-1-4-14-7-8-17-10-9-15-5-3-6-16-11-12-18(14)20(17)19(15)16/h3,5-12,21-31H,1-2,4,13H2,(H,32,33). The molecule has 5 rings (SSSR count). The van der Waals surface area contributed by atoms with Crippen LogP contribution in [-0.2, 0) is 20.0 Å². The highest BCUT2D eigenvalue weighted by molar-refractivity contribution is 7.47. The highest BCUT2D eigenvalue weighted by atomic mass is 31.2. The Balaban J connectivity index is 1.20. The molecule has 1 aliphatic carbocycles. The Kier molecular flexibility index (Phi) is 7.04. The van der Waals surface area contributed by atoms with Gasteiger partial charge in [-0.05, 0) is 57.1 Å². The van der Waals surface area contributed by atoms with Crippen molar-refractivity contribution < 1.29 is 44.0 Å². The van der Waals surface area contributed by atoms with E-state index in [1.165, 1.54) is 37.9 Å². The molecule has 0 saturated heterocycles. The van der Waals surface area contributed by atoms with Gasteiger partial charge < -0.3 is 30.4 Å². The summed E-state index contributed by atoms with van der Waals surface area (Å²) in [6.07, 6.45) is -9.31. The lowest BCUT2D eigenvalue weighted by Crippen LogP contribution is -2.64. The molecule has 1 fully saturated rings. The first-order valence-electron chi connectivity index (χ1n) is 11.9. The molecule has 0 amide bonds. The number of benzene rings is 4. The molecule has 4 aromatic carbocycles. The predicted octanol–water partition coefficient (Wildman–Crippen LogP) is 2.23. The van der Waals surface area contributed by atoms with Gasteiger partial charge in [0.05, 0.1) is 6.61 Å². The van der Waals surface area contributed by atoms with Crippen molar-refractivity contribution in [3.8, 4) is 0 Å². The zero-order valence-electron chi connectivity index (χ0n) is 19.3. The van der Waals surface area contributed by atoms with Crippen LogP contribution >= 0.6 is 7.82 Å². The van der Waals surface area contributed by atoms with Gasteiger partial charge in [0.25, 0.3) is 0 Å². The van der Waals surface area contributed by atoms with E-state index in [4.69, 9.17) is 9.05 Å². The van der Waals surface area contributed by atoms with Crippen LogP contribution in [0.25, 0.3) is 32.3 Å². The molecule has 5 unspecified atom stereocenters. The fourth-order valence-corrected chi connectivity index (χ4v) is 6.09. The van der Waals surface area contributed by atoms with Crippen LogP contribution in [0.3, 0.4) is 0 Å². The monoisotopic (exact) mass is 516 g/mol. The van der Waals surface area contributed by atoms with Crippen LogP contribution < -0.4 is 0 Å². The fourth-order valence-electron chi connectivity index (χ4n) is 5.12. The highest BCUT2D eigenvalue weighted by Crippen LogP contribution is 2.47. The Bertz CT molecular complexity index is 1380. The molecule has 0 aromatic heterocycles. The highest BCUT2D eigenvalue weighted by Gasteiger charge is 2.51. The van der Waals surface area contributed by atoms with E-state index in [1.54, 1.807) is 0 Å². The minimum atomic E-state index is -4.72. The average molecular weight is 516 g/mol. The van der Waals surface area contributed by atoms with E-state index in [0.29, 0.717) is 12.8 Å². The number of phosphoric ester groups is 1. The molecule has 36 heavy (non-hydrogen) atoms. The van der Waals surface area contributed by atoms with Gasteiger partial charge in [-0.3, -0.25) is 9.05 Å². The third-order valence-electron chi connectivity index (χ3n) is 7.04. The SMILES string of the molecule is O=P(O)(OCCCCc1ccc2ccc3cccc4ccc1c2c34)OC1C(O)C(O)C(O)C(O)C1O. The van der Waals surface area contributed by atoms with E-state index >= 15 is 0 Å². The number of phosphoric acid groups is 1. The second-order valence-electron chi connectivity index (χ2n) is 9.36. The molecule has 10 heteroatoms. The van der Waals surface area contributed by atoms with Crippen LogP contribution in [0.1, 0.15) is 18.4 Å². The molecular weight excluding hydrogens is 487 g/mol. The van der Waals surface area contributed by atoms with Crippen molar-refractivity contribution in [2.45, 2.75) is 55.9 Å². The molecule has 0 bridgehead atoms.